The molecular weight excluding hydrogens is 248 g/mol. The van der Waals surface area contributed by atoms with Crippen LogP contribution in [0.4, 0.5) is 0 Å². The molecule has 0 fully saturated rings. The van der Waals surface area contributed by atoms with Gasteiger partial charge in [-0.1, -0.05) is 13.8 Å². The Hall–Kier alpha value is -0.870. The summed E-state index contributed by atoms with van der Waals surface area (Å²) < 4.78 is 3.08. The lowest BCUT2D eigenvalue weighted by Crippen LogP contribution is -2.12. The molecule has 0 saturated heterocycles. The van der Waals surface area contributed by atoms with Crippen LogP contribution in [0.2, 0.25) is 0 Å². The molecule has 2 aromatic heterocycles. The minimum atomic E-state index is 0.403. The zero-order valence-electron chi connectivity index (χ0n) is 10.4. The van der Waals surface area contributed by atoms with Crippen molar-refractivity contribution in [2.24, 2.45) is 0 Å². The Labute approximate surface area is 111 Å². The molecular formula is C13H18N2S2. The summed E-state index contributed by atoms with van der Waals surface area (Å²) in [6.45, 7) is 6.63. The van der Waals surface area contributed by atoms with Gasteiger partial charge in [-0.3, -0.25) is 0 Å². The number of H-pyrrole nitrogens is 1. The summed E-state index contributed by atoms with van der Waals surface area (Å²) in [4.78, 5) is 3.16. The quantitative estimate of drug-likeness (QED) is 0.806. The molecule has 0 bridgehead atoms. The Bertz CT molecular complexity index is 520. The SMILES string of the molecule is CC(C)c1c[nH]c(=S)n1C(C)Cc1ccsc1. The number of aromatic amines is 1. The molecule has 1 atom stereocenters. The van der Waals surface area contributed by atoms with Crippen molar-refractivity contribution in [1.29, 1.82) is 0 Å². The molecule has 92 valence electrons. The van der Waals surface area contributed by atoms with Gasteiger partial charge < -0.3 is 9.55 Å². The Morgan fingerprint density at radius 2 is 2.18 bits per heavy atom. The fourth-order valence-electron chi connectivity index (χ4n) is 2.13. The number of hydrogen-bond donors (Lipinski definition) is 1. The highest BCUT2D eigenvalue weighted by atomic mass is 32.1. The molecule has 0 aromatic carbocycles. The van der Waals surface area contributed by atoms with Crippen molar-refractivity contribution >= 4 is 23.6 Å². The molecule has 0 amide bonds. The van der Waals surface area contributed by atoms with Gasteiger partial charge in [0.2, 0.25) is 0 Å². The molecule has 0 spiro atoms. The van der Waals surface area contributed by atoms with Crippen LogP contribution in [0.15, 0.2) is 23.0 Å². The monoisotopic (exact) mass is 266 g/mol. The van der Waals surface area contributed by atoms with E-state index in [2.05, 4.69) is 47.1 Å². The molecule has 1 unspecified atom stereocenters. The van der Waals surface area contributed by atoms with E-state index < -0.39 is 0 Å². The third-order valence-corrected chi connectivity index (χ3v) is 4.03. The highest BCUT2D eigenvalue weighted by molar-refractivity contribution is 7.71. The predicted molar refractivity (Wildman–Crippen MR) is 76.4 cm³/mol. The molecule has 4 heteroatoms. The van der Waals surface area contributed by atoms with Gasteiger partial charge >= 0.3 is 0 Å². The first-order chi connectivity index (χ1) is 8.09. The van der Waals surface area contributed by atoms with Crippen molar-refractivity contribution in [2.45, 2.75) is 39.2 Å². The Kier molecular flexibility index (Phi) is 3.84. The maximum atomic E-state index is 5.37. The van der Waals surface area contributed by atoms with E-state index in [1.54, 1.807) is 11.3 Å². The van der Waals surface area contributed by atoms with Crippen LogP contribution in [-0.2, 0) is 6.42 Å². The molecule has 2 heterocycles. The molecule has 2 aromatic rings. The molecule has 0 aliphatic carbocycles. The topological polar surface area (TPSA) is 20.7 Å². The average Bonchev–Trinajstić information content (AvgIpc) is 2.86. The standard InChI is InChI=1S/C13H18N2S2/c1-9(2)12-7-14-13(16)15(12)10(3)6-11-4-5-17-8-11/h4-5,7-10H,6H2,1-3H3,(H,14,16). The van der Waals surface area contributed by atoms with Crippen molar-refractivity contribution in [3.63, 3.8) is 0 Å². The first-order valence-electron chi connectivity index (χ1n) is 5.90. The lowest BCUT2D eigenvalue weighted by Gasteiger charge is -2.18. The minimum Gasteiger partial charge on any atom is -0.337 e. The maximum absolute atomic E-state index is 5.37. The molecule has 17 heavy (non-hydrogen) atoms. The normalized spacial score (nSPS) is 13.2. The van der Waals surface area contributed by atoms with Gasteiger partial charge in [0.15, 0.2) is 4.77 Å². The Morgan fingerprint density at radius 1 is 1.41 bits per heavy atom. The molecule has 0 aliphatic heterocycles. The second kappa shape index (κ2) is 5.19. The Morgan fingerprint density at radius 3 is 2.76 bits per heavy atom. The molecule has 2 nitrogen and oxygen atoms in total. The van der Waals surface area contributed by atoms with Crippen LogP contribution in [-0.4, -0.2) is 9.55 Å². The van der Waals surface area contributed by atoms with Crippen LogP contribution in [0.3, 0.4) is 0 Å². The van der Waals surface area contributed by atoms with Crippen molar-refractivity contribution in [3.05, 3.63) is 39.1 Å². The second-order valence-electron chi connectivity index (χ2n) is 4.73. The molecule has 0 saturated carbocycles. The van der Waals surface area contributed by atoms with Crippen LogP contribution in [0.25, 0.3) is 0 Å². The third kappa shape index (κ3) is 2.69. The van der Waals surface area contributed by atoms with Crippen LogP contribution >= 0.6 is 23.6 Å². The Balaban J connectivity index is 2.27. The van der Waals surface area contributed by atoms with Gasteiger partial charge in [0.05, 0.1) is 0 Å². The van der Waals surface area contributed by atoms with Crippen LogP contribution < -0.4 is 0 Å². The van der Waals surface area contributed by atoms with Crippen molar-refractivity contribution in [3.8, 4) is 0 Å². The molecule has 0 radical (unpaired) electrons. The lowest BCUT2D eigenvalue weighted by atomic mass is 10.1. The van der Waals surface area contributed by atoms with Gasteiger partial charge in [-0.2, -0.15) is 11.3 Å². The number of nitrogens with zero attached hydrogens (tertiary/aromatic N) is 1. The summed E-state index contributed by atoms with van der Waals surface area (Å²) in [7, 11) is 0. The fourth-order valence-corrected chi connectivity index (χ4v) is 3.16. The first-order valence-corrected chi connectivity index (χ1v) is 7.25. The van der Waals surface area contributed by atoms with E-state index in [0.717, 1.165) is 11.2 Å². The maximum Gasteiger partial charge on any atom is 0.177 e. The van der Waals surface area contributed by atoms with Gasteiger partial charge in [0.25, 0.3) is 0 Å². The average molecular weight is 266 g/mol. The minimum absolute atomic E-state index is 0.403. The van der Waals surface area contributed by atoms with Crippen LogP contribution in [0.5, 0.6) is 0 Å². The summed E-state index contributed by atoms with van der Waals surface area (Å²) in [6.07, 6.45) is 3.08. The number of thiophene rings is 1. The van der Waals surface area contributed by atoms with Gasteiger partial charge in [-0.25, -0.2) is 0 Å². The highest BCUT2D eigenvalue weighted by Crippen LogP contribution is 2.22. The number of hydrogen-bond acceptors (Lipinski definition) is 2. The summed E-state index contributed by atoms with van der Waals surface area (Å²) in [5, 5.41) is 4.34. The zero-order valence-corrected chi connectivity index (χ0v) is 12.1. The number of aromatic nitrogens is 2. The molecule has 1 N–H and O–H groups in total. The van der Waals surface area contributed by atoms with Crippen molar-refractivity contribution < 1.29 is 0 Å². The van der Waals surface area contributed by atoms with E-state index in [4.69, 9.17) is 12.2 Å². The number of imidazole rings is 1. The van der Waals surface area contributed by atoms with E-state index >= 15 is 0 Å². The summed E-state index contributed by atoms with van der Waals surface area (Å²) >= 11 is 7.12. The van der Waals surface area contributed by atoms with Gasteiger partial charge in [0, 0.05) is 17.9 Å². The van der Waals surface area contributed by atoms with Gasteiger partial charge in [0.1, 0.15) is 0 Å². The van der Waals surface area contributed by atoms with Crippen molar-refractivity contribution in [2.75, 3.05) is 0 Å². The van der Waals surface area contributed by atoms with Crippen molar-refractivity contribution in [1.82, 2.24) is 9.55 Å². The smallest absolute Gasteiger partial charge is 0.177 e. The van der Waals surface area contributed by atoms with E-state index in [0.29, 0.717) is 12.0 Å². The van der Waals surface area contributed by atoms with E-state index in [1.165, 1.54) is 11.3 Å². The van der Waals surface area contributed by atoms with Crippen LogP contribution in [0.1, 0.15) is 44.0 Å². The molecule has 0 aliphatic rings. The summed E-state index contributed by atoms with van der Waals surface area (Å²) in [5.41, 5.74) is 2.68. The van der Waals surface area contributed by atoms with Gasteiger partial charge in [-0.15, -0.1) is 0 Å². The lowest BCUT2D eigenvalue weighted by molar-refractivity contribution is 0.509. The molecule has 2 rings (SSSR count). The van der Waals surface area contributed by atoms with E-state index in [9.17, 15) is 0 Å². The largest absolute Gasteiger partial charge is 0.337 e. The zero-order chi connectivity index (χ0) is 12.4. The second-order valence-corrected chi connectivity index (χ2v) is 5.89. The fraction of sp³-hybridized carbons (Fsp3) is 0.462. The van der Waals surface area contributed by atoms with Gasteiger partial charge in [-0.05, 0) is 53.9 Å². The van der Waals surface area contributed by atoms with E-state index in [1.807, 2.05) is 6.20 Å². The third-order valence-electron chi connectivity index (χ3n) is 2.98. The van der Waals surface area contributed by atoms with E-state index in [-0.39, 0.29) is 0 Å². The highest BCUT2D eigenvalue weighted by Gasteiger charge is 2.14. The predicted octanol–water partition coefficient (Wildman–Crippen LogP) is 4.53. The summed E-state index contributed by atoms with van der Waals surface area (Å²) in [5.74, 6) is 0.493. The number of nitrogens with one attached hydrogen (secondary N) is 1. The first kappa shape index (κ1) is 12.6. The number of rotatable bonds is 4. The summed E-state index contributed by atoms with van der Waals surface area (Å²) in [6, 6.07) is 2.59. The van der Waals surface area contributed by atoms with Crippen LogP contribution in [0, 0.1) is 4.77 Å².